The minimum Gasteiger partial charge on any atom is -0.347 e. The highest BCUT2D eigenvalue weighted by Crippen LogP contribution is 2.16. The lowest BCUT2D eigenvalue weighted by atomic mass is 10.1. The van der Waals surface area contributed by atoms with Crippen molar-refractivity contribution in [2.75, 3.05) is 0 Å². The number of carbonyl (C=O) groups is 3. The lowest BCUT2D eigenvalue weighted by molar-refractivity contribution is -0.187. The maximum atomic E-state index is 13.8. The van der Waals surface area contributed by atoms with Crippen molar-refractivity contribution in [3.63, 3.8) is 0 Å². The number of nitrogens with one attached hydrogen (secondary N) is 1. The average Bonchev–Trinajstić information content (AvgIpc) is 2.83. The van der Waals surface area contributed by atoms with E-state index in [0.29, 0.717) is 22.0 Å². The third kappa shape index (κ3) is 8.44. The predicted molar refractivity (Wildman–Crippen MR) is 130 cm³/mol. The lowest BCUT2D eigenvalue weighted by Crippen LogP contribution is -2.41. The molecule has 1 amide bonds. The van der Waals surface area contributed by atoms with E-state index in [1.165, 1.54) is 6.07 Å². The first-order valence-electron chi connectivity index (χ1n) is 10.3. The molecule has 1 N–H and O–H groups in total. The Labute approximate surface area is 206 Å². The molecule has 3 rings (SSSR count). The zero-order valence-electron chi connectivity index (χ0n) is 19.0. The van der Waals surface area contributed by atoms with Crippen LogP contribution in [0.15, 0.2) is 78.9 Å². The number of hydrogen-bond donors (Lipinski definition) is 1. The molecule has 8 heteroatoms. The molecule has 6 nitrogen and oxygen atoms in total. The number of rotatable bonds is 4. The zero-order chi connectivity index (χ0) is 25.1. The third-order valence-corrected chi connectivity index (χ3v) is 4.77. The van der Waals surface area contributed by atoms with E-state index in [9.17, 15) is 18.8 Å². The van der Waals surface area contributed by atoms with Gasteiger partial charge in [-0.3, -0.25) is 4.79 Å². The van der Waals surface area contributed by atoms with Crippen LogP contribution in [-0.4, -0.2) is 23.4 Å². The Hall–Kier alpha value is -3.52. The number of halogens is 2. The Morgan fingerprint density at radius 3 is 1.68 bits per heavy atom. The van der Waals surface area contributed by atoms with Crippen LogP contribution in [0, 0.1) is 5.82 Å². The molecule has 0 fully saturated rings. The van der Waals surface area contributed by atoms with Crippen molar-refractivity contribution in [1.29, 1.82) is 0 Å². The summed E-state index contributed by atoms with van der Waals surface area (Å²) in [5.41, 5.74) is 0.846. The summed E-state index contributed by atoms with van der Waals surface area (Å²) in [6, 6.07) is 21.4. The lowest BCUT2D eigenvalue weighted by Gasteiger charge is -2.20. The first-order valence-corrected chi connectivity index (χ1v) is 11.4. The molecule has 0 unspecified atom stereocenters. The van der Waals surface area contributed by atoms with Crippen molar-refractivity contribution in [2.45, 2.75) is 31.6 Å². The highest BCUT2D eigenvalue weighted by molar-refractivity contribution is 9.08. The second-order valence-electron chi connectivity index (χ2n) is 8.09. The van der Waals surface area contributed by atoms with Gasteiger partial charge in [0.2, 0.25) is 0 Å². The van der Waals surface area contributed by atoms with Crippen molar-refractivity contribution < 1.29 is 28.5 Å². The van der Waals surface area contributed by atoms with E-state index < -0.39 is 17.8 Å². The van der Waals surface area contributed by atoms with Crippen LogP contribution in [0.25, 0.3) is 0 Å². The smallest absolute Gasteiger partial charge is 0.347 e. The van der Waals surface area contributed by atoms with Gasteiger partial charge in [0.05, 0.1) is 16.7 Å². The summed E-state index contributed by atoms with van der Waals surface area (Å²) < 4.78 is 13.8. The fourth-order valence-electron chi connectivity index (χ4n) is 2.59. The normalized spacial score (nSPS) is 10.4. The van der Waals surface area contributed by atoms with Crippen LogP contribution in [0.1, 0.15) is 57.4 Å². The minimum atomic E-state index is -0.708. The molecule has 34 heavy (non-hydrogen) atoms. The van der Waals surface area contributed by atoms with Gasteiger partial charge >= 0.3 is 11.9 Å². The topological polar surface area (TPSA) is 81.7 Å². The summed E-state index contributed by atoms with van der Waals surface area (Å²) in [5.74, 6) is -2.26. The van der Waals surface area contributed by atoms with Gasteiger partial charge in [0.15, 0.2) is 0 Å². The highest BCUT2D eigenvalue weighted by atomic mass is 79.9. The quantitative estimate of drug-likeness (QED) is 0.260. The maximum Gasteiger partial charge on any atom is 0.386 e. The van der Waals surface area contributed by atoms with E-state index >= 15 is 0 Å². The molecule has 0 spiro atoms. The van der Waals surface area contributed by atoms with Gasteiger partial charge in [-0.05, 0) is 56.7 Å². The van der Waals surface area contributed by atoms with E-state index in [0.717, 1.165) is 0 Å². The summed E-state index contributed by atoms with van der Waals surface area (Å²) in [5, 5.41) is 3.13. The standard InChI is InChI=1S/C14H10O4.C12H15BrFNO/c15-13(11-7-3-1-4-8-11)17-18-14(16)12-9-5-2-6-10-12;1-12(2,3)15-11(16)9-6-4-5-8(7-13)10(9)14/h1-10H;4-6H,7H2,1-3H3,(H,15,16). The number of benzene rings is 3. The Balaban J connectivity index is 0.000000242. The highest BCUT2D eigenvalue weighted by Gasteiger charge is 2.19. The van der Waals surface area contributed by atoms with Crippen LogP contribution < -0.4 is 5.32 Å². The van der Waals surface area contributed by atoms with Gasteiger partial charge < -0.3 is 5.32 Å². The third-order valence-electron chi connectivity index (χ3n) is 4.17. The van der Waals surface area contributed by atoms with Crippen molar-refractivity contribution in [2.24, 2.45) is 0 Å². The first-order chi connectivity index (χ1) is 16.1. The minimum absolute atomic E-state index is 0.0897. The van der Waals surface area contributed by atoms with E-state index in [1.807, 2.05) is 20.8 Å². The van der Waals surface area contributed by atoms with Gasteiger partial charge in [-0.15, -0.1) is 0 Å². The van der Waals surface area contributed by atoms with Crippen LogP contribution in [0.2, 0.25) is 0 Å². The Kier molecular flexibility index (Phi) is 9.94. The van der Waals surface area contributed by atoms with E-state index in [4.69, 9.17) is 0 Å². The second-order valence-corrected chi connectivity index (χ2v) is 8.65. The monoisotopic (exact) mass is 529 g/mol. The maximum absolute atomic E-state index is 13.8. The van der Waals surface area contributed by atoms with Crippen LogP contribution in [0.4, 0.5) is 4.39 Å². The number of alkyl halides is 1. The van der Waals surface area contributed by atoms with Crippen LogP contribution >= 0.6 is 15.9 Å². The van der Waals surface area contributed by atoms with Gasteiger partial charge in [0.25, 0.3) is 5.91 Å². The van der Waals surface area contributed by atoms with Gasteiger partial charge in [-0.1, -0.05) is 64.5 Å². The number of amides is 1. The van der Waals surface area contributed by atoms with Gasteiger partial charge in [0, 0.05) is 10.9 Å². The molecule has 178 valence electrons. The van der Waals surface area contributed by atoms with E-state index in [2.05, 4.69) is 31.0 Å². The molecule has 3 aromatic rings. The molecule has 3 aromatic carbocycles. The molecule has 0 aliphatic rings. The predicted octanol–water partition coefficient (Wildman–Crippen LogP) is 5.86. The molecule has 0 atom stereocenters. The molecule has 0 bridgehead atoms. The van der Waals surface area contributed by atoms with Gasteiger partial charge in [0.1, 0.15) is 5.82 Å². The first kappa shape index (κ1) is 26.7. The molecule has 0 saturated carbocycles. The molecule has 0 aromatic heterocycles. The summed E-state index contributed by atoms with van der Waals surface area (Å²) in [6.07, 6.45) is 0. The van der Waals surface area contributed by atoms with Crippen molar-refractivity contribution in [1.82, 2.24) is 5.32 Å². The van der Waals surface area contributed by atoms with Crippen molar-refractivity contribution in [3.05, 3.63) is 107 Å². The number of hydrogen-bond acceptors (Lipinski definition) is 5. The summed E-state index contributed by atoms with van der Waals surface area (Å²) in [6.45, 7) is 5.57. The molecule has 0 aliphatic heterocycles. The number of carbonyl (C=O) groups excluding carboxylic acids is 3. The largest absolute Gasteiger partial charge is 0.386 e. The Morgan fingerprint density at radius 2 is 1.26 bits per heavy atom. The fourth-order valence-corrected chi connectivity index (χ4v) is 3.02. The molecule has 0 aliphatic carbocycles. The van der Waals surface area contributed by atoms with E-state index in [1.54, 1.807) is 72.8 Å². The fraction of sp³-hybridized carbons (Fsp3) is 0.192. The summed E-state index contributed by atoms with van der Waals surface area (Å²) in [7, 11) is 0. The Morgan fingerprint density at radius 1 is 0.794 bits per heavy atom. The SMILES string of the molecule is CC(C)(C)NC(=O)c1cccc(CBr)c1F.O=C(OOC(=O)c1ccccc1)c1ccccc1. The van der Waals surface area contributed by atoms with Crippen LogP contribution in [0.5, 0.6) is 0 Å². The molecular formula is C26H25BrFNO5. The zero-order valence-corrected chi connectivity index (χ0v) is 20.6. The second kappa shape index (κ2) is 12.6. The molecular weight excluding hydrogens is 505 g/mol. The van der Waals surface area contributed by atoms with Gasteiger partial charge in [-0.25, -0.2) is 23.8 Å². The summed E-state index contributed by atoms with van der Waals surface area (Å²) >= 11 is 3.18. The average molecular weight is 530 g/mol. The molecule has 0 radical (unpaired) electrons. The Bertz CT molecular complexity index is 1060. The summed E-state index contributed by atoms with van der Waals surface area (Å²) in [4.78, 5) is 43.7. The van der Waals surface area contributed by atoms with Crippen molar-refractivity contribution >= 4 is 33.8 Å². The van der Waals surface area contributed by atoms with Crippen molar-refractivity contribution in [3.8, 4) is 0 Å². The van der Waals surface area contributed by atoms with Crippen LogP contribution in [0.3, 0.4) is 0 Å². The van der Waals surface area contributed by atoms with Gasteiger partial charge in [-0.2, -0.15) is 0 Å². The molecule has 0 saturated heterocycles. The molecule has 0 heterocycles. The van der Waals surface area contributed by atoms with Crippen LogP contribution in [-0.2, 0) is 15.1 Å². The van der Waals surface area contributed by atoms with E-state index in [-0.39, 0.29) is 17.0 Å².